The van der Waals surface area contributed by atoms with Crippen molar-refractivity contribution in [2.75, 3.05) is 29.0 Å². The van der Waals surface area contributed by atoms with Crippen LogP contribution in [0.3, 0.4) is 0 Å². The summed E-state index contributed by atoms with van der Waals surface area (Å²) in [6, 6.07) is 9.90. The molecule has 1 fully saturated rings. The van der Waals surface area contributed by atoms with Crippen LogP contribution in [0.2, 0.25) is 5.02 Å². The minimum atomic E-state index is -0.836. The average Bonchev–Trinajstić information content (AvgIpc) is 2.92. The summed E-state index contributed by atoms with van der Waals surface area (Å²) in [5, 5.41) is 13.6. The van der Waals surface area contributed by atoms with Gasteiger partial charge in [0.15, 0.2) is 11.4 Å². The molecule has 1 aliphatic rings. The van der Waals surface area contributed by atoms with E-state index in [9.17, 15) is 14.7 Å². The quantitative estimate of drug-likeness (QED) is 0.299. The molecule has 0 bridgehead atoms. The third-order valence-electron chi connectivity index (χ3n) is 7.26. The number of nitrogens with two attached hydrogens (primary N) is 1. The van der Waals surface area contributed by atoms with Gasteiger partial charge < -0.3 is 21.1 Å². The van der Waals surface area contributed by atoms with Gasteiger partial charge in [0.1, 0.15) is 16.5 Å². The van der Waals surface area contributed by atoms with Gasteiger partial charge in [-0.25, -0.2) is 9.97 Å². The number of hydrogen-bond donors (Lipinski definition) is 3. The van der Waals surface area contributed by atoms with E-state index in [1.807, 2.05) is 0 Å². The van der Waals surface area contributed by atoms with Gasteiger partial charge in [-0.15, -0.1) is 0 Å². The Morgan fingerprint density at radius 2 is 1.97 bits per heavy atom. The van der Waals surface area contributed by atoms with Crippen LogP contribution in [0.5, 0.6) is 5.88 Å². The molecule has 1 amide bonds. The number of halogens is 1. The number of nitrogens with one attached hydrogen (secondary N) is 1. The fourth-order valence-electron chi connectivity index (χ4n) is 4.49. The summed E-state index contributed by atoms with van der Waals surface area (Å²) in [6.07, 6.45) is 6.53. The second-order valence-corrected chi connectivity index (χ2v) is 11.2. The van der Waals surface area contributed by atoms with Crippen LogP contribution in [-0.2, 0) is 0 Å². The standard InChI is InChI=1S/C27H28ClN7O3S/c1-3-27(2)10-13-34(14-11-27)19-15-30-25(22(29)32-19)39-17-8-6-7-16(21(17)28)31-23(36)20-24(37)33-18-9-4-5-12-35(18)26(20)38/h4-9,12,15,37H,3,10-11,13-14H2,1-2H3,(H2,29,32)(H,31,36). The van der Waals surface area contributed by atoms with Crippen molar-refractivity contribution >= 4 is 52.2 Å². The Balaban J connectivity index is 1.34. The lowest BCUT2D eigenvalue weighted by molar-refractivity contribution is 0.102. The SMILES string of the molecule is CCC1(C)CCN(c2cnc(Sc3cccc(NC(=O)c4c(O)nc5ccccn5c4=O)c3Cl)c(N)n2)CC1. The number of carbonyl (C=O) groups is 1. The summed E-state index contributed by atoms with van der Waals surface area (Å²) in [5.74, 6) is -0.470. The molecule has 0 radical (unpaired) electrons. The molecule has 4 heterocycles. The second-order valence-electron chi connectivity index (χ2n) is 9.79. The number of fused-ring (bicyclic) bond motifs is 1. The minimum Gasteiger partial charge on any atom is -0.493 e. The molecule has 39 heavy (non-hydrogen) atoms. The number of aromatic hydroxyl groups is 1. The molecule has 202 valence electrons. The van der Waals surface area contributed by atoms with E-state index in [0.717, 1.165) is 38.2 Å². The summed E-state index contributed by atoms with van der Waals surface area (Å²) in [7, 11) is 0. The van der Waals surface area contributed by atoms with Gasteiger partial charge in [0.25, 0.3) is 11.5 Å². The highest BCUT2D eigenvalue weighted by atomic mass is 35.5. The van der Waals surface area contributed by atoms with Crippen LogP contribution in [0.4, 0.5) is 17.3 Å². The van der Waals surface area contributed by atoms with Gasteiger partial charge in [0.2, 0.25) is 5.88 Å². The molecular weight excluding hydrogens is 538 g/mol. The summed E-state index contributed by atoms with van der Waals surface area (Å²) in [4.78, 5) is 41.7. The van der Waals surface area contributed by atoms with E-state index in [1.165, 1.54) is 22.4 Å². The number of nitrogens with zero attached hydrogens (tertiary/aromatic N) is 5. The van der Waals surface area contributed by atoms with E-state index in [2.05, 4.69) is 39.0 Å². The van der Waals surface area contributed by atoms with Crippen molar-refractivity contribution in [3.63, 3.8) is 0 Å². The Labute approximate surface area is 234 Å². The third kappa shape index (κ3) is 5.37. The number of benzene rings is 1. The molecule has 1 aliphatic heterocycles. The molecule has 5 rings (SSSR count). The van der Waals surface area contributed by atoms with Crippen LogP contribution in [0, 0.1) is 5.41 Å². The summed E-state index contributed by atoms with van der Waals surface area (Å²) < 4.78 is 1.18. The molecule has 0 aliphatic carbocycles. The van der Waals surface area contributed by atoms with Crippen LogP contribution >= 0.6 is 23.4 Å². The van der Waals surface area contributed by atoms with Crippen LogP contribution in [-0.4, -0.2) is 43.5 Å². The number of piperidine rings is 1. The Kier molecular flexibility index (Phi) is 7.37. The number of nitrogen functional groups attached to an aromatic ring is 1. The number of amides is 1. The van der Waals surface area contributed by atoms with E-state index in [-0.39, 0.29) is 22.2 Å². The number of anilines is 3. The van der Waals surface area contributed by atoms with Crippen LogP contribution in [0.25, 0.3) is 5.65 Å². The van der Waals surface area contributed by atoms with Crippen LogP contribution < -0.4 is 21.5 Å². The third-order valence-corrected chi connectivity index (χ3v) is 8.85. The van der Waals surface area contributed by atoms with E-state index >= 15 is 0 Å². The highest BCUT2D eigenvalue weighted by molar-refractivity contribution is 7.99. The van der Waals surface area contributed by atoms with Crippen molar-refractivity contribution in [1.82, 2.24) is 19.4 Å². The normalized spacial score (nSPS) is 14.9. The van der Waals surface area contributed by atoms with E-state index in [1.54, 1.807) is 42.6 Å². The van der Waals surface area contributed by atoms with Crippen molar-refractivity contribution in [3.05, 3.63) is 69.7 Å². The molecule has 12 heteroatoms. The number of rotatable bonds is 6. The predicted molar refractivity (Wildman–Crippen MR) is 153 cm³/mol. The lowest BCUT2D eigenvalue weighted by atomic mass is 9.78. The smallest absolute Gasteiger partial charge is 0.274 e. The molecule has 0 saturated carbocycles. The molecule has 1 saturated heterocycles. The van der Waals surface area contributed by atoms with Gasteiger partial charge in [0, 0.05) is 24.2 Å². The molecule has 10 nitrogen and oxygen atoms in total. The van der Waals surface area contributed by atoms with Gasteiger partial charge in [-0.1, -0.05) is 55.8 Å². The minimum absolute atomic E-state index is 0.220. The lowest BCUT2D eigenvalue weighted by Crippen LogP contribution is -2.39. The maximum atomic E-state index is 13.0. The highest BCUT2D eigenvalue weighted by Gasteiger charge is 2.29. The van der Waals surface area contributed by atoms with Crippen molar-refractivity contribution in [2.45, 2.75) is 43.0 Å². The second kappa shape index (κ2) is 10.7. The zero-order valence-corrected chi connectivity index (χ0v) is 23.1. The van der Waals surface area contributed by atoms with Crippen molar-refractivity contribution in [2.24, 2.45) is 5.41 Å². The summed E-state index contributed by atoms with van der Waals surface area (Å²) >= 11 is 7.83. The average molecular weight is 566 g/mol. The van der Waals surface area contributed by atoms with Gasteiger partial charge in [0.05, 0.1) is 16.9 Å². The first-order valence-electron chi connectivity index (χ1n) is 12.5. The zero-order valence-electron chi connectivity index (χ0n) is 21.5. The van der Waals surface area contributed by atoms with Crippen LogP contribution in [0.1, 0.15) is 43.5 Å². The largest absolute Gasteiger partial charge is 0.493 e. The summed E-state index contributed by atoms with van der Waals surface area (Å²) in [6.45, 7) is 6.37. The highest BCUT2D eigenvalue weighted by Crippen LogP contribution is 2.39. The molecule has 0 unspecified atom stereocenters. The summed E-state index contributed by atoms with van der Waals surface area (Å²) in [5.41, 5.74) is 5.91. The van der Waals surface area contributed by atoms with Gasteiger partial charge in [-0.05, 0) is 42.5 Å². The van der Waals surface area contributed by atoms with Crippen molar-refractivity contribution in [3.8, 4) is 5.88 Å². The first-order valence-corrected chi connectivity index (χ1v) is 13.7. The van der Waals surface area contributed by atoms with Gasteiger partial charge in [-0.2, -0.15) is 4.98 Å². The molecule has 3 aromatic heterocycles. The monoisotopic (exact) mass is 565 g/mol. The lowest BCUT2D eigenvalue weighted by Gasteiger charge is -2.39. The fourth-order valence-corrected chi connectivity index (χ4v) is 5.59. The molecule has 4 N–H and O–H groups in total. The van der Waals surface area contributed by atoms with E-state index in [0.29, 0.717) is 15.3 Å². The zero-order chi connectivity index (χ0) is 27.7. The molecule has 0 atom stereocenters. The predicted octanol–water partition coefficient (Wildman–Crippen LogP) is 4.85. The first kappa shape index (κ1) is 26.8. The maximum Gasteiger partial charge on any atom is 0.274 e. The van der Waals surface area contributed by atoms with Gasteiger partial charge >= 0.3 is 0 Å². The number of hydrogen-bond acceptors (Lipinski definition) is 9. The van der Waals surface area contributed by atoms with Crippen molar-refractivity contribution < 1.29 is 9.90 Å². The van der Waals surface area contributed by atoms with Gasteiger partial charge in [-0.3, -0.25) is 14.0 Å². The molecule has 1 aromatic carbocycles. The van der Waals surface area contributed by atoms with Crippen molar-refractivity contribution in [1.29, 1.82) is 0 Å². The maximum absolute atomic E-state index is 13.0. The van der Waals surface area contributed by atoms with E-state index in [4.69, 9.17) is 17.3 Å². The van der Waals surface area contributed by atoms with Crippen LogP contribution in [0.15, 0.2) is 63.5 Å². The molecule has 0 spiro atoms. The number of pyridine rings is 1. The first-order chi connectivity index (χ1) is 18.7. The number of carbonyl (C=O) groups excluding carboxylic acids is 1. The Bertz CT molecular complexity index is 1620. The topological polar surface area (TPSA) is 139 Å². The molecule has 4 aromatic rings. The van der Waals surface area contributed by atoms with E-state index < -0.39 is 22.9 Å². The number of aromatic nitrogens is 4. The Morgan fingerprint density at radius 3 is 2.69 bits per heavy atom. The fraction of sp³-hybridized carbons (Fsp3) is 0.296. The Hall–Kier alpha value is -3.83. The molecular formula is C27H28ClN7O3S. The Morgan fingerprint density at radius 1 is 1.21 bits per heavy atom.